The predicted molar refractivity (Wildman–Crippen MR) is 141 cm³/mol. The minimum Gasteiger partial charge on any atom is -0.263 e. The van der Waals surface area contributed by atoms with Gasteiger partial charge in [-0.25, -0.2) is 0 Å². The number of hydrogen-bond donors (Lipinski definition) is 0. The van der Waals surface area contributed by atoms with Crippen molar-refractivity contribution in [3.63, 3.8) is 0 Å². The molecule has 2 heteroatoms. The molecule has 0 spiro atoms. The van der Waals surface area contributed by atoms with Crippen molar-refractivity contribution in [1.29, 1.82) is 0 Å². The van der Waals surface area contributed by atoms with Crippen molar-refractivity contribution in [1.82, 2.24) is 9.97 Å². The molecule has 0 bridgehead atoms. The van der Waals surface area contributed by atoms with Crippen molar-refractivity contribution < 1.29 is 0 Å². The van der Waals surface area contributed by atoms with Gasteiger partial charge in [-0.1, -0.05) is 71.6 Å². The van der Waals surface area contributed by atoms with E-state index in [9.17, 15) is 0 Å². The maximum atomic E-state index is 4.20. The van der Waals surface area contributed by atoms with Crippen LogP contribution in [0, 0.1) is 71.0 Å². The van der Waals surface area contributed by atoms with Gasteiger partial charge in [-0.15, -0.1) is 0 Å². The van der Waals surface area contributed by atoms with Crippen LogP contribution in [0.5, 0.6) is 0 Å². The Bertz CT molecular complexity index is 1600. The van der Waals surface area contributed by atoms with Gasteiger partial charge in [0.25, 0.3) is 0 Å². The van der Waals surface area contributed by atoms with E-state index in [0.29, 0.717) is 0 Å². The molecule has 160 valence electrons. The minimum atomic E-state index is 0.718. The molecule has 1 aliphatic rings. The molecule has 5 rings (SSSR count). The molecule has 0 N–H and O–H groups in total. The fourth-order valence-electron chi connectivity index (χ4n) is 3.27. The second-order valence-corrected chi connectivity index (χ2v) is 7.43. The molecule has 2 heterocycles. The van der Waals surface area contributed by atoms with Crippen molar-refractivity contribution in [2.24, 2.45) is 0 Å². The number of nitrogens with zero attached hydrogens (tertiary/aromatic N) is 2. The van der Waals surface area contributed by atoms with E-state index in [4.69, 9.17) is 0 Å². The van der Waals surface area contributed by atoms with Crippen molar-refractivity contribution in [3.05, 3.63) is 130 Å². The summed E-state index contributed by atoms with van der Waals surface area (Å²) in [7, 11) is 0. The molecule has 0 saturated heterocycles. The summed E-state index contributed by atoms with van der Waals surface area (Å²) < 4.78 is 0. The average Bonchev–Trinajstić information content (AvgIpc) is 2.93. The van der Waals surface area contributed by atoms with Crippen LogP contribution in [0.1, 0.15) is 44.5 Å². The van der Waals surface area contributed by atoms with Crippen LogP contribution in [0.3, 0.4) is 0 Å². The first-order valence-corrected chi connectivity index (χ1v) is 11.0. The molecule has 0 fully saturated rings. The van der Waals surface area contributed by atoms with Crippen LogP contribution >= 0.6 is 0 Å². The van der Waals surface area contributed by atoms with Gasteiger partial charge in [-0.2, -0.15) is 0 Å². The van der Waals surface area contributed by atoms with Crippen molar-refractivity contribution in [2.75, 3.05) is 0 Å². The molecular formula is C34H14N2. The van der Waals surface area contributed by atoms with Crippen LogP contribution in [0.15, 0.2) is 85.5 Å². The second kappa shape index (κ2) is 10.8. The van der Waals surface area contributed by atoms with Crippen LogP contribution in [-0.2, 0) is 0 Å². The first-order valence-electron chi connectivity index (χ1n) is 11.0. The van der Waals surface area contributed by atoms with Crippen LogP contribution in [0.25, 0.3) is 0 Å². The predicted octanol–water partition coefficient (Wildman–Crippen LogP) is 4.40. The molecular weight excluding hydrogens is 436 g/mol. The summed E-state index contributed by atoms with van der Waals surface area (Å²) >= 11 is 0. The third-order valence-electron chi connectivity index (χ3n) is 5.07. The Kier molecular flexibility index (Phi) is 6.58. The van der Waals surface area contributed by atoms with Gasteiger partial charge in [-0.3, -0.25) is 9.97 Å². The molecule has 0 aliphatic heterocycles. The van der Waals surface area contributed by atoms with Gasteiger partial charge in [0.05, 0.1) is 11.1 Å². The van der Waals surface area contributed by atoms with Gasteiger partial charge in [0, 0.05) is 58.2 Å². The van der Waals surface area contributed by atoms with E-state index in [1.807, 2.05) is 60.7 Å². The zero-order chi connectivity index (χ0) is 24.4. The lowest BCUT2D eigenvalue weighted by molar-refractivity contribution is 1.30. The first-order chi connectivity index (χ1) is 17.9. The molecule has 4 aromatic rings. The molecule has 36 heavy (non-hydrogen) atoms. The highest BCUT2D eigenvalue weighted by Gasteiger charge is 2.00. The lowest BCUT2D eigenvalue weighted by Crippen LogP contribution is -1.88. The monoisotopic (exact) mass is 450 g/mol. The Morgan fingerprint density at radius 3 is 1.03 bits per heavy atom. The maximum absolute atomic E-state index is 4.20. The number of fused-ring (bicyclic) bond motifs is 4. The molecule has 2 aromatic heterocycles. The van der Waals surface area contributed by atoms with Crippen molar-refractivity contribution in [2.45, 2.75) is 0 Å². The van der Waals surface area contributed by atoms with Crippen LogP contribution in [-0.4, -0.2) is 9.97 Å². The highest BCUT2D eigenvalue weighted by Crippen LogP contribution is 2.10. The minimum absolute atomic E-state index is 0.718. The summed E-state index contributed by atoms with van der Waals surface area (Å²) in [6, 6.07) is 19.1. The summed E-state index contributed by atoms with van der Waals surface area (Å²) in [5, 5.41) is 0. The normalized spacial score (nSPS) is 10.2. The lowest BCUT2D eigenvalue weighted by Gasteiger charge is -1.97. The van der Waals surface area contributed by atoms with Gasteiger partial charge in [-0.05, 0) is 60.1 Å². The molecule has 0 atom stereocenters. The Labute approximate surface area is 210 Å². The third kappa shape index (κ3) is 5.35. The summed E-state index contributed by atoms with van der Waals surface area (Å²) in [6.07, 6.45) is 6.77. The smallest absolute Gasteiger partial charge is 0.0589 e. The molecule has 0 saturated carbocycles. The quantitative estimate of drug-likeness (QED) is 0.371. The standard InChI is InChI=1S/C34H14N2/c1-2-10-28-12-4-6-14-30(28)18-20-34-26-36-24-22-32(34)16-8-7-15-31-21-23-35-25-33(31)19-17-29-13-5-3-11-27(29)9-1/h3-6,11-14,21-26H. The third-order valence-corrected chi connectivity index (χ3v) is 5.07. The van der Waals surface area contributed by atoms with Crippen LogP contribution < -0.4 is 0 Å². The highest BCUT2D eigenvalue weighted by atomic mass is 14.6. The first kappa shape index (κ1) is 21.9. The van der Waals surface area contributed by atoms with E-state index in [1.54, 1.807) is 24.8 Å². The van der Waals surface area contributed by atoms with Gasteiger partial charge < -0.3 is 0 Å². The SMILES string of the molecule is C1#Cc2ccccc2C#Cc2cnccc2C#CC#Cc2ccncc2C#Cc2ccccc2C#C1. The number of benzene rings is 2. The topological polar surface area (TPSA) is 25.8 Å². The van der Waals surface area contributed by atoms with Crippen LogP contribution in [0.2, 0.25) is 0 Å². The molecule has 1 aliphatic carbocycles. The fraction of sp³-hybridized carbons (Fsp3) is 0. The number of pyridine rings is 2. The molecule has 0 radical (unpaired) electrons. The van der Waals surface area contributed by atoms with Gasteiger partial charge >= 0.3 is 0 Å². The maximum Gasteiger partial charge on any atom is 0.0589 e. The second-order valence-electron chi connectivity index (χ2n) is 7.43. The summed E-state index contributed by atoms with van der Waals surface area (Å²) in [5.74, 6) is 36.9. The van der Waals surface area contributed by atoms with E-state index in [0.717, 1.165) is 44.5 Å². The number of rotatable bonds is 0. The van der Waals surface area contributed by atoms with E-state index < -0.39 is 0 Å². The Morgan fingerprint density at radius 2 is 0.639 bits per heavy atom. The zero-order valence-electron chi connectivity index (χ0n) is 19.0. The van der Waals surface area contributed by atoms with Crippen molar-refractivity contribution in [3.8, 4) is 71.0 Å². The summed E-state index contributed by atoms with van der Waals surface area (Å²) in [5.41, 5.74) is 6.15. The van der Waals surface area contributed by atoms with Crippen molar-refractivity contribution >= 4 is 0 Å². The summed E-state index contributed by atoms with van der Waals surface area (Å²) in [4.78, 5) is 8.40. The van der Waals surface area contributed by atoms with E-state index >= 15 is 0 Å². The average molecular weight is 451 g/mol. The molecule has 0 amide bonds. The molecule has 2 nitrogen and oxygen atoms in total. The van der Waals surface area contributed by atoms with Crippen LogP contribution in [0.4, 0.5) is 0 Å². The Balaban J connectivity index is 1.68. The van der Waals surface area contributed by atoms with Gasteiger partial charge in [0.15, 0.2) is 0 Å². The highest BCUT2D eigenvalue weighted by molar-refractivity contribution is 5.60. The number of hydrogen-bond acceptors (Lipinski definition) is 2. The lowest BCUT2D eigenvalue weighted by atomic mass is 10.1. The van der Waals surface area contributed by atoms with E-state index in [-0.39, 0.29) is 0 Å². The largest absolute Gasteiger partial charge is 0.263 e. The van der Waals surface area contributed by atoms with Gasteiger partial charge in [0.2, 0.25) is 0 Å². The number of aromatic nitrogens is 2. The molecule has 2 aromatic carbocycles. The Hall–Kier alpha value is -5.90. The van der Waals surface area contributed by atoms with Gasteiger partial charge in [0.1, 0.15) is 0 Å². The molecule has 0 unspecified atom stereocenters. The fourth-order valence-corrected chi connectivity index (χ4v) is 3.27. The van der Waals surface area contributed by atoms with E-state index in [1.165, 1.54) is 0 Å². The Morgan fingerprint density at radius 1 is 0.333 bits per heavy atom. The van der Waals surface area contributed by atoms with E-state index in [2.05, 4.69) is 81.0 Å². The zero-order valence-corrected chi connectivity index (χ0v) is 19.0. The summed E-state index contributed by atoms with van der Waals surface area (Å²) in [6.45, 7) is 0.